The molecule has 0 aliphatic rings. The number of hydrogen-bond acceptors (Lipinski definition) is 6. The van der Waals surface area contributed by atoms with Crippen molar-refractivity contribution in [1.82, 2.24) is 0 Å². The van der Waals surface area contributed by atoms with Crippen LogP contribution in [0.1, 0.15) is 252 Å². The number of unbranched alkanes of at least 4 members (excludes halogenated alkanes) is 23. The van der Waals surface area contributed by atoms with Gasteiger partial charge < -0.3 is 14.2 Å². The van der Waals surface area contributed by atoms with Crippen LogP contribution in [0, 0.1) is 0 Å². The second-order valence-electron chi connectivity index (χ2n) is 17.7. The van der Waals surface area contributed by atoms with Crippen LogP contribution in [0.15, 0.2) is 85.1 Å². The molecule has 0 N–H and O–H groups in total. The van der Waals surface area contributed by atoms with E-state index in [-0.39, 0.29) is 31.1 Å². The van der Waals surface area contributed by atoms with E-state index in [2.05, 4.69) is 106 Å². The third kappa shape index (κ3) is 51.4. The molecule has 0 amide bonds. The summed E-state index contributed by atoms with van der Waals surface area (Å²) in [4.78, 5) is 38.1. The molecular formula is C59H100O6. The first kappa shape index (κ1) is 61.6. The predicted octanol–water partition coefficient (Wildman–Crippen LogP) is 18.0. The van der Waals surface area contributed by atoms with Crippen LogP contribution in [0.5, 0.6) is 0 Å². The molecule has 0 fully saturated rings. The standard InChI is InChI=1S/C59H100O6/c1-4-7-10-13-16-19-22-25-28-29-30-31-32-35-37-40-43-46-49-52-58(61)64-55-56(65-59(62)53-50-47-44-41-38-34-27-24-21-18-15-12-9-6-3)54-63-57(60)51-48-45-42-39-36-33-26-23-20-17-14-11-8-5-2/h7,9-10,12,16,18-19,21,25,28,30-31,33,36,56H,4-6,8,11,13-15,17,20,22-24,26-27,29,32,34-35,37-55H2,1-3H3/b10-7-,12-9-,19-16-,21-18-,28-25-,31-30-,36-33-. The lowest BCUT2D eigenvalue weighted by Gasteiger charge is -2.18. The Bertz CT molecular complexity index is 1270. The Hall–Kier alpha value is -3.41. The Morgan fingerprint density at radius 2 is 0.600 bits per heavy atom. The normalized spacial score (nSPS) is 12.7. The fraction of sp³-hybridized carbons (Fsp3) is 0.712. The van der Waals surface area contributed by atoms with E-state index in [9.17, 15) is 14.4 Å². The molecule has 0 aromatic heterocycles. The van der Waals surface area contributed by atoms with E-state index in [0.29, 0.717) is 19.3 Å². The summed E-state index contributed by atoms with van der Waals surface area (Å²) in [6.07, 6.45) is 68.5. The molecule has 0 aromatic rings. The van der Waals surface area contributed by atoms with E-state index >= 15 is 0 Å². The lowest BCUT2D eigenvalue weighted by Crippen LogP contribution is -2.30. The molecule has 0 saturated heterocycles. The molecule has 0 heterocycles. The van der Waals surface area contributed by atoms with Crippen molar-refractivity contribution in [3.63, 3.8) is 0 Å². The minimum atomic E-state index is -0.793. The van der Waals surface area contributed by atoms with Gasteiger partial charge in [0, 0.05) is 19.3 Å². The quantitative estimate of drug-likeness (QED) is 0.0262. The summed E-state index contributed by atoms with van der Waals surface area (Å²) in [5, 5.41) is 0. The van der Waals surface area contributed by atoms with Gasteiger partial charge in [0.15, 0.2) is 6.10 Å². The fourth-order valence-electron chi connectivity index (χ4n) is 7.35. The maximum atomic E-state index is 12.8. The molecule has 6 nitrogen and oxygen atoms in total. The first-order valence-corrected chi connectivity index (χ1v) is 27.1. The van der Waals surface area contributed by atoms with Crippen molar-refractivity contribution in [2.45, 2.75) is 258 Å². The number of rotatable bonds is 48. The molecule has 0 radical (unpaired) electrons. The smallest absolute Gasteiger partial charge is 0.306 e. The van der Waals surface area contributed by atoms with Gasteiger partial charge in [-0.3, -0.25) is 14.4 Å². The molecule has 0 saturated carbocycles. The lowest BCUT2D eigenvalue weighted by atomic mass is 10.1. The summed E-state index contributed by atoms with van der Waals surface area (Å²) in [7, 11) is 0. The van der Waals surface area contributed by atoms with Gasteiger partial charge in [0.25, 0.3) is 0 Å². The van der Waals surface area contributed by atoms with Crippen LogP contribution in [0.3, 0.4) is 0 Å². The summed E-state index contributed by atoms with van der Waals surface area (Å²) < 4.78 is 16.8. The van der Waals surface area contributed by atoms with Crippen LogP contribution in [0.4, 0.5) is 0 Å². The van der Waals surface area contributed by atoms with Gasteiger partial charge in [0.2, 0.25) is 0 Å². The summed E-state index contributed by atoms with van der Waals surface area (Å²) in [5.74, 6) is -0.927. The van der Waals surface area contributed by atoms with Crippen molar-refractivity contribution in [2.24, 2.45) is 0 Å². The van der Waals surface area contributed by atoms with Gasteiger partial charge in [0.1, 0.15) is 13.2 Å². The number of carbonyl (C=O) groups is 3. The molecular weight excluding hydrogens is 805 g/mol. The van der Waals surface area contributed by atoms with Gasteiger partial charge >= 0.3 is 17.9 Å². The maximum absolute atomic E-state index is 12.8. The molecule has 0 spiro atoms. The van der Waals surface area contributed by atoms with Crippen molar-refractivity contribution in [3.05, 3.63) is 85.1 Å². The van der Waals surface area contributed by atoms with Crippen LogP contribution < -0.4 is 0 Å². The van der Waals surface area contributed by atoms with Crippen molar-refractivity contribution >= 4 is 17.9 Å². The zero-order valence-corrected chi connectivity index (χ0v) is 42.5. The third-order valence-corrected chi connectivity index (χ3v) is 11.4. The van der Waals surface area contributed by atoms with Gasteiger partial charge in [-0.1, -0.05) is 209 Å². The van der Waals surface area contributed by atoms with Gasteiger partial charge in [-0.2, -0.15) is 0 Å². The van der Waals surface area contributed by atoms with Gasteiger partial charge in [-0.25, -0.2) is 0 Å². The highest BCUT2D eigenvalue weighted by atomic mass is 16.6. The first-order chi connectivity index (χ1) is 32.0. The summed E-state index contributed by atoms with van der Waals surface area (Å²) in [6.45, 7) is 6.39. The average Bonchev–Trinajstić information content (AvgIpc) is 3.30. The van der Waals surface area contributed by atoms with Gasteiger partial charge in [-0.15, -0.1) is 0 Å². The van der Waals surface area contributed by atoms with E-state index in [1.54, 1.807) is 0 Å². The molecule has 0 aliphatic carbocycles. The van der Waals surface area contributed by atoms with Crippen molar-refractivity contribution < 1.29 is 28.6 Å². The SMILES string of the molecule is CC/C=C\C/C=C\C/C=C\C/C=C\CCCCCCCCC(=O)OCC(COC(=O)CCCCC/C=C\CCCCCCCCC)OC(=O)CCCCCCCCC/C=C\C/C=C\CC. The monoisotopic (exact) mass is 905 g/mol. The zero-order valence-electron chi connectivity index (χ0n) is 42.5. The molecule has 0 aromatic carbocycles. The first-order valence-electron chi connectivity index (χ1n) is 27.1. The molecule has 1 unspecified atom stereocenters. The molecule has 0 bridgehead atoms. The van der Waals surface area contributed by atoms with Crippen LogP contribution in [0.2, 0.25) is 0 Å². The Kier molecular flexibility index (Phi) is 50.4. The maximum Gasteiger partial charge on any atom is 0.306 e. The zero-order chi connectivity index (χ0) is 47.2. The molecule has 1 atom stereocenters. The Labute approximate surface area is 401 Å². The summed E-state index contributed by atoms with van der Waals surface area (Å²) in [6, 6.07) is 0. The Morgan fingerprint density at radius 1 is 0.323 bits per heavy atom. The minimum absolute atomic E-state index is 0.0923. The van der Waals surface area contributed by atoms with E-state index < -0.39 is 6.10 Å². The highest BCUT2D eigenvalue weighted by molar-refractivity contribution is 5.71. The highest BCUT2D eigenvalue weighted by Crippen LogP contribution is 2.14. The Balaban J connectivity index is 4.42. The number of ether oxygens (including phenoxy) is 3. The lowest BCUT2D eigenvalue weighted by molar-refractivity contribution is -0.167. The molecule has 372 valence electrons. The van der Waals surface area contributed by atoms with Gasteiger partial charge in [0.05, 0.1) is 0 Å². The van der Waals surface area contributed by atoms with Crippen LogP contribution >= 0.6 is 0 Å². The fourth-order valence-corrected chi connectivity index (χ4v) is 7.35. The summed E-state index contributed by atoms with van der Waals surface area (Å²) >= 11 is 0. The second-order valence-corrected chi connectivity index (χ2v) is 17.7. The van der Waals surface area contributed by atoms with Crippen LogP contribution in [-0.4, -0.2) is 37.2 Å². The predicted molar refractivity (Wildman–Crippen MR) is 279 cm³/mol. The number of esters is 3. The van der Waals surface area contributed by atoms with Crippen LogP contribution in [0.25, 0.3) is 0 Å². The minimum Gasteiger partial charge on any atom is -0.462 e. The van der Waals surface area contributed by atoms with Crippen LogP contribution in [-0.2, 0) is 28.6 Å². The largest absolute Gasteiger partial charge is 0.462 e. The number of allylic oxidation sites excluding steroid dienone is 14. The highest BCUT2D eigenvalue weighted by Gasteiger charge is 2.19. The topological polar surface area (TPSA) is 78.9 Å². The molecule has 6 heteroatoms. The van der Waals surface area contributed by atoms with E-state index in [1.165, 1.54) is 83.5 Å². The second kappa shape index (κ2) is 53.2. The van der Waals surface area contributed by atoms with Crippen molar-refractivity contribution in [3.8, 4) is 0 Å². The van der Waals surface area contributed by atoms with Crippen molar-refractivity contribution in [1.29, 1.82) is 0 Å². The molecule has 0 aliphatic heterocycles. The van der Waals surface area contributed by atoms with Crippen molar-refractivity contribution in [2.75, 3.05) is 13.2 Å². The van der Waals surface area contributed by atoms with E-state index in [4.69, 9.17) is 14.2 Å². The van der Waals surface area contributed by atoms with Gasteiger partial charge in [-0.05, 0) is 109 Å². The molecule has 65 heavy (non-hydrogen) atoms. The third-order valence-electron chi connectivity index (χ3n) is 11.4. The average molecular weight is 905 g/mol. The number of hydrogen-bond donors (Lipinski definition) is 0. The van der Waals surface area contributed by atoms with E-state index in [1.807, 2.05) is 0 Å². The summed E-state index contributed by atoms with van der Waals surface area (Å²) in [5.41, 5.74) is 0. The Morgan fingerprint density at radius 3 is 0.969 bits per heavy atom. The molecule has 0 rings (SSSR count). The van der Waals surface area contributed by atoms with E-state index in [0.717, 1.165) is 128 Å². The number of carbonyl (C=O) groups excluding carboxylic acids is 3.